The lowest BCUT2D eigenvalue weighted by molar-refractivity contribution is 0.0983. The predicted octanol–water partition coefficient (Wildman–Crippen LogP) is 5.69. The van der Waals surface area contributed by atoms with Gasteiger partial charge in [-0.3, -0.25) is 4.79 Å². The van der Waals surface area contributed by atoms with Crippen molar-refractivity contribution in [2.45, 2.75) is 0 Å². The van der Waals surface area contributed by atoms with Crippen molar-refractivity contribution < 1.29 is 4.79 Å². The van der Waals surface area contributed by atoms with Gasteiger partial charge in [-0.2, -0.15) is 0 Å². The van der Waals surface area contributed by atoms with E-state index in [1.807, 2.05) is 53.9 Å². The number of aromatic nitrogens is 3. The van der Waals surface area contributed by atoms with Gasteiger partial charge in [0, 0.05) is 11.5 Å². The fourth-order valence-corrected chi connectivity index (χ4v) is 4.23. The van der Waals surface area contributed by atoms with Gasteiger partial charge in [-0.15, -0.1) is 16.4 Å². The molecule has 0 aliphatic heterocycles. The summed E-state index contributed by atoms with van der Waals surface area (Å²) in [6.45, 7) is 0. The van der Waals surface area contributed by atoms with Crippen molar-refractivity contribution >= 4 is 50.5 Å². The first kappa shape index (κ1) is 18.9. The second-order valence-electron chi connectivity index (χ2n) is 5.94. The third kappa shape index (κ3) is 3.61. The Bertz CT molecular complexity index is 1130. The molecule has 4 rings (SSSR count). The Balaban J connectivity index is 1.77. The van der Waals surface area contributed by atoms with Crippen LogP contribution in [0.5, 0.6) is 0 Å². The second kappa shape index (κ2) is 7.87. The minimum absolute atomic E-state index is 0.105. The van der Waals surface area contributed by atoms with Gasteiger partial charge in [-0.05, 0) is 41.8 Å². The van der Waals surface area contributed by atoms with E-state index in [2.05, 4.69) is 26.0 Å². The van der Waals surface area contributed by atoms with E-state index in [0.717, 1.165) is 15.0 Å². The zero-order valence-electron chi connectivity index (χ0n) is 14.7. The smallest absolute Gasteiger partial charge is 0.297 e. The van der Waals surface area contributed by atoms with Gasteiger partial charge in [0.15, 0.2) is 5.82 Å². The molecule has 2 aromatic carbocycles. The molecule has 0 N–H and O–H groups in total. The Hall–Kier alpha value is -2.48. The molecule has 140 valence electrons. The molecule has 4 aromatic rings. The van der Waals surface area contributed by atoms with Crippen LogP contribution in [-0.2, 0) is 0 Å². The summed E-state index contributed by atoms with van der Waals surface area (Å²) in [4.78, 5) is 20.0. The maximum atomic E-state index is 13.1. The van der Waals surface area contributed by atoms with E-state index in [4.69, 9.17) is 11.6 Å². The summed E-state index contributed by atoms with van der Waals surface area (Å²) in [5, 5.41) is 6.93. The number of anilines is 1. The quantitative estimate of drug-likeness (QED) is 0.383. The fourth-order valence-electron chi connectivity index (χ4n) is 2.73. The average molecular weight is 474 g/mol. The molecule has 5 nitrogen and oxygen atoms in total. The summed E-state index contributed by atoms with van der Waals surface area (Å²) in [5.74, 6) is 0.394. The van der Waals surface area contributed by atoms with E-state index < -0.39 is 0 Å². The van der Waals surface area contributed by atoms with Crippen LogP contribution < -0.4 is 4.90 Å². The molecule has 1 amide bonds. The highest BCUT2D eigenvalue weighted by atomic mass is 79.9. The SMILES string of the molecule is CN(C(=O)c1nc(-c2cccs2)n(-c2ccccc2)n1)c1ccc(Br)cc1Cl. The number of halogens is 2. The predicted molar refractivity (Wildman–Crippen MR) is 117 cm³/mol. The zero-order valence-corrected chi connectivity index (χ0v) is 17.9. The number of amides is 1. The molecule has 0 saturated carbocycles. The van der Waals surface area contributed by atoms with Crippen molar-refractivity contribution in [3.63, 3.8) is 0 Å². The maximum Gasteiger partial charge on any atom is 0.297 e. The first-order valence-electron chi connectivity index (χ1n) is 8.34. The minimum atomic E-state index is -0.336. The van der Waals surface area contributed by atoms with E-state index in [-0.39, 0.29) is 11.7 Å². The van der Waals surface area contributed by atoms with Crippen LogP contribution in [0, 0.1) is 0 Å². The Morgan fingerprint density at radius 1 is 1.14 bits per heavy atom. The van der Waals surface area contributed by atoms with Crippen molar-refractivity contribution in [1.82, 2.24) is 14.8 Å². The van der Waals surface area contributed by atoms with Gasteiger partial charge in [0.1, 0.15) is 0 Å². The molecule has 0 radical (unpaired) electrons. The summed E-state index contributed by atoms with van der Waals surface area (Å²) in [6.07, 6.45) is 0. The molecular weight excluding hydrogens is 460 g/mol. The van der Waals surface area contributed by atoms with Crippen molar-refractivity contribution in [3.8, 4) is 16.4 Å². The summed E-state index contributed by atoms with van der Waals surface area (Å²) in [7, 11) is 1.66. The van der Waals surface area contributed by atoms with Gasteiger partial charge >= 0.3 is 0 Å². The van der Waals surface area contributed by atoms with Gasteiger partial charge in [-0.1, -0.05) is 51.8 Å². The Morgan fingerprint density at radius 3 is 2.61 bits per heavy atom. The summed E-state index contributed by atoms with van der Waals surface area (Å²) < 4.78 is 2.53. The number of hydrogen-bond donors (Lipinski definition) is 0. The molecule has 2 aromatic heterocycles. The van der Waals surface area contributed by atoms with Gasteiger partial charge in [-0.25, -0.2) is 9.67 Å². The lowest BCUT2D eigenvalue weighted by Crippen LogP contribution is -2.27. The molecule has 28 heavy (non-hydrogen) atoms. The topological polar surface area (TPSA) is 51.0 Å². The summed E-state index contributed by atoms with van der Waals surface area (Å²) in [5.41, 5.74) is 1.42. The van der Waals surface area contributed by atoms with E-state index in [0.29, 0.717) is 16.5 Å². The largest absolute Gasteiger partial charge is 0.307 e. The molecular formula is C20H14BrClN4OS. The van der Waals surface area contributed by atoms with Crippen molar-refractivity contribution in [1.29, 1.82) is 0 Å². The lowest BCUT2D eigenvalue weighted by Gasteiger charge is -2.17. The van der Waals surface area contributed by atoms with E-state index in [1.54, 1.807) is 35.2 Å². The first-order chi connectivity index (χ1) is 13.5. The molecule has 0 fully saturated rings. The van der Waals surface area contributed by atoms with E-state index >= 15 is 0 Å². The number of carbonyl (C=O) groups is 1. The van der Waals surface area contributed by atoms with Crippen LogP contribution in [0.4, 0.5) is 5.69 Å². The molecule has 0 aliphatic rings. The van der Waals surface area contributed by atoms with E-state index in [1.165, 1.54) is 4.90 Å². The van der Waals surface area contributed by atoms with Crippen LogP contribution in [-0.4, -0.2) is 27.7 Å². The van der Waals surface area contributed by atoms with Gasteiger partial charge in [0.25, 0.3) is 5.91 Å². The van der Waals surface area contributed by atoms with Crippen LogP contribution >= 0.6 is 38.9 Å². The molecule has 0 bridgehead atoms. The Kier molecular flexibility index (Phi) is 5.30. The van der Waals surface area contributed by atoms with Crippen LogP contribution in [0.3, 0.4) is 0 Å². The third-order valence-corrected chi connectivity index (χ3v) is 5.78. The number of benzene rings is 2. The van der Waals surface area contributed by atoms with E-state index in [9.17, 15) is 4.79 Å². The number of hydrogen-bond acceptors (Lipinski definition) is 4. The molecule has 0 spiro atoms. The Morgan fingerprint density at radius 2 is 1.93 bits per heavy atom. The highest BCUT2D eigenvalue weighted by molar-refractivity contribution is 9.10. The standard InChI is InChI=1S/C20H14BrClN4OS/c1-25(16-10-9-13(21)12-15(16)22)20(27)18-23-19(17-8-5-11-28-17)26(24-18)14-6-3-2-4-7-14/h2-12H,1H3. The van der Waals surface area contributed by atoms with Gasteiger partial charge < -0.3 is 4.90 Å². The molecule has 2 heterocycles. The van der Waals surface area contributed by atoms with Crippen LogP contribution in [0.2, 0.25) is 5.02 Å². The fraction of sp³-hybridized carbons (Fsp3) is 0.0500. The maximum absolute atomic E-state index is 13.1. The lowest BCUT2D eigenvalue weighted by atomic mass is 10.3. The summed E-state index contributed by atoms with van der Waals surface area (Å²) in [6, 6.07) is 18.9. The normalized spacial score (nSPS) is 10.8. The van der Waals surface area contributed by atoms with Crippen LogP contribution in [0.1, 0.15) is 10.6 Å². The zero-order chi connectivity index (χ0) is 19.7. The number of rotatable bonds is 4. The average Bonchev–Trinajstić information content (AvgIpc) is 3.37. The molecule has 0 unspecified atom stereocenters. The minimum Gasteiger partial charge on any atom is -0.307 e. The third-order valence-electron chi connectivity index (χ3n) is 4.12. The number of thiophene rings is 1. The first-order valence-corrected chi connectivity index (χ1v) is 10.4. The molecule has 0 atom stereocenters. The summed E-state index contributed by atoms with van der Waals surface area (Å²) >= 11 is 11.2. The van der Waals surface area contributed by atoms with Gasteiger partial charge in [0.05, 0.1) is 21.3 Å². The number of carbonyl (C=O) groups excluding carboxylic acids is 1. The van der Waals surface area contributed by atoms with Crippen LogP contribution in [0.15, 0.2) is 70.5 Å². The van der Waals surface area contributed by atoms with Gasteiger partial charge in [0.2, 0.25) is 5.82 Å². The highest BCUT2D eigenvalue weighted by Gasteiger charge is 2.24. The number of para-hydroxylation sites is 1. The monoisotopic (exact) mass is 472 g/mol. The molecule has 8 heteroatoms. The van der Waals surface area contributed by atoms with Crippen LogP contribution in [0.25, 0.3) is 16.4 Å². The van der Waals surface area contributed by atoms with Crippen molar-refractivity contribution in [2.24, 2.45) is 0 Å². The second-order valence-corrected chi connectivity index (χ2v) is 8.21. The van der Waals surface area contributed by atoms with Crippen molar-refractivity contribution in [3.05, 3.63) is 81.4 Å². The highest BCUT2D eigenvalue weighted by Crippen LogP contribution is 2.30. The molecule has 0 aliphatic carbocycles. The van der Waals surface area contributed by atoms with Crippen molar-refractivity contribution in [2.75, 3.05) is 11.9 Å². The molecule has 0 saturated heterocycles. The Labute approximate surface area is 179 Å². The number of nitrogens with zero attached hydrogens (tertiary/aromatic N) is 4.